The van der Waals surface area contributed by atoms with Crippen molar-refractivity contribution < 1.29 is 14.3 Å². The minimum absolute atomic E-state index is 0.479. The second-order valence-electron chi connectivity index (χ2n) is 5.34. The van der Waals surface area contributed by atoms with Gasteiger partial charge in [-0.15, -0.1) is 0 Å². The van der Waals surface area contributed by atoms with E-state index in [2.05, 4.69) is 6.92 Å². The number of methoxy groups -OCH3 is 1. The molecule has 0 heterocycles. The summed E-state index contributed by atoms with van der Waals surface area (Å²) in [5.74, 6) is 1.38. The lowest BCUT2D eigenvalue weighted by Crippen LogP contribution is -2.22. The Morgan fingerprint density at radius 2 is 1.83 bits per heavy atom. The van der Waals surface area contributed by atoms with Crippen LogP contribution in [0.15, 0.2) is 48.5 Å². The van der Waals surface area contributed by atoms with Gasteiger partial charge in [0.1, 0.15) is 6.61 Å². The first-order valence-electron chi connectivity index (χ1n) is 7.79. The van der Waals surface area contributed by atoms with Crippen LogP contribution in [0.1, 0.15) is 24.5 Å². The van der Waals surface area contributed by atoms with Crippen LogP contribution >= 0.6 is 0 Å². The summed E-state index contributed by atoms with van der Waals surface area (Å²) in [6, 6.07) is 15.8. The first kappa shape index (κ1) is 16.9. The van der Waals surface area contributed by atoms with E-state index in [-0.39, 0.29) is 0 Å². The van der Waals surface area contributed by atoms with Gasteiger partial charge in [0.2, 0.25) is 6.41 Å². The minimum Gasteiger partial charge on any atom is -0.493 e. The Bertz CT molecular complexity index is 613. The molecule has 0 saturated carbocycles. The summed E-state index contributed by atoms with van der Waals surface area (Å²) in [5, 5.41) is 0. The molecular formula is C19H23NO3. The molecule has 0 radical (unpaired) electrons. The SMILES string of the molecule is CCCN(C=O)Cc1ccc(OC)c(OCc2ccccc2)c1. The number of rotatable bonds is 9. The monoisotopic (exact) mass is 313 g/mol. The van der Waals surface area contributed by atoms with Crippen molar-refractivity contribution in [3.05, 3.63) is 59.7 Å². The average Bonchev–Trinajstić information content (AvgIpc) is 2.60. The second kappa shape index (κ2) is 8.83. The Balaban J connectivity index is 2.10. The van der Waals surface area contributed by atoms with E-state index in [0.29, 0.717) is 24.7 Å². The van der Waals surface area contributed by atoms with E-state index in [0.717, 1.165) is 30.5 Å². The van der Waals surface area contributed by atoms with Crippen molar-refractivity contribution in [3.8, 4) is 11.5 Å². The maximum Gasteiger partial charge on any atom is 0.210 e. The summed E-state index contributed by atoms with van der Waals surface area (Å²) in [4.78, 5) is 12.8. The van der Waals surface area contributed by atoms with E-state index in [9.17, 15) is 4.79 Å². The molecule has 0 atom stereocenters. The first-order chi connectivity index (χ1) is 11.3. The number of ether oxygens (including phenoxy) is 2. The highest BCUT2D eigenvalue weighted by atomic mass is 16.5. The third kappa shape index (κ3) is 5.02. The van der Waals surface area contributed by atoms with Crippen LogP contribution in [0.4, 0.5) is 0 Å². The average molecular weight is 313 g/mol. The molecule has 0 aliphatic heterocycles. The summed E-state index contributed by atoms with van der Waals surface area (Å²) in [6.07, 6.45) is 1.82. The predicted molar refractivity (Wildman–Crippen MR) is 90.5 cm³/mol. The Morgan fingerprint density at radius 3 is 2.48 bits per heavy atom. The van der Waals surface area contributed by atoms with E-state index in [1.54, 1.807) is 12.0 Å². The first-order valence-corrected chi connectivity index (χ1v) is 7.79. The smallest absolute Gasteiger partial charge is 0.210 e. The normalized spacial score (nSPS) is 10.2. The molecule has 0 saturated heterocycles. The molecule has 0 aliphatic carbocycles. The molecule has 4 nitrogen and oxygen atoms in total. The fourth-order valence-corrected chi connectivity index (χ4v) is 2.36. The van der Waals surface area contributed by atoms with E-state index < -0.39 is 0 Å². The lowest BCUT2D eigenvalue weighted by molar-refractivity contribution is -0.118. The van der Waals surface area contributed by atoms with Crippen molar-refractivity contribution >= 4 is 6.41 Å². The van der Waals surface area contributed by atoms with Gasteiger partial charge in [-0.1, -0.05) is 43.3 Å². The fourth-order valence-electron chi connectivity index (χ4n) is 2.36. The van der Waals surface area contributed by atoms with Gasteiger partial charge < -0.3 is 14.4 Å². The van der Waals surface area contributed by atoms with Crippen molar-refractivity contribution in [2.75, 3.05) is 13.7 Å². The standard InChI is InChI=1S/C19H23NO3/c1-3-11-20(15-21)13-17-9-10-18(22-2)19(12-17)23-14-16-7-5-4-6-8-16/h4-10,12,15H,3,11,13-14H2,1-2H3. The predicted octanol–water partition coefficient (Wildman–Crippen LogP) is 3.64. The van der Waals surface area contributed by atoms with Crippen LogP contribution in [0.25, 0.3) is 0 Å². The quantitative estimate of drug-likeness (QED) is 0.663. The summed E-state index contributed by atoms with van der Waals surface area (Å²) in [5.41, 5.74) is 2.12. The largest absolute Gasteiger partial charge is 0.493 e. The van der Waals surface area contributed by atoms with Gasteiger partial charge in [0.15, 0.2) is 11.5 Å². The molecule has 23 heavy (non-hydrogen) atoms. The van der Waals surface area contributed by atoms with Crippen molar-refractivity contribution in [3.63, 3.8) is 0 Å². The van der Waals surface area contributed by atoms with Crippen LogP contribution < -0.4 is 9.47 Å². The molecule has 0 aromatic heterocycles. The summed E-state index contributed by atoms with van der Waals surface area (Å²) < 4.78 is 11.3. The molecule has 0 fully saturated rings. The molecule has 4 heteroatoms. The number of benzene rings is 2. The maximum atomic E-state index is 11.1. The number of carbonyl (C=O) groups is 1. The van der Waals surface area contributed by atoms with Gasteiger partial charge in [-0.25, -0.2) is 0 Å². The van der Waals surface area contributed by atoms with E-state index >= 15 is 0 Å². The highest BCUT2D eigenvalue weighted by molar-refractivity contribution is 5.48. The van der Waals surface area contributed by atoms with Crippen LogP contribution in [-0.2, 0) is 17.9 Å². The van der Waals surface area contributed by atoms with Crippen molar-refractivity contribution in [1.82, 2.24) is 4.90 Å². The van der Waals surface area contributed by atoms with Gasteiger partial charge in [0, 0.05) is 13.1 Å². The van der Waals surface area contributed by atoms with Crippen LogP contribution in [0.5, 0.6) is 11.5 Å². The molecule has 2 rings (SSSR count). The second-order valence-corrected chi connectivity index (χ2v) is 5.34. The number of hydrogen-bond acceptors (Lipinski definition) is 3. The van der Waals surface area contributed by atoms with Gasteiger partial charge in [-0.05, 0) is 29.7 Å². The van der Waals surface area contributed by atoms with E-state index in [4.69, 9.17) is 9.47 Å². The Morgan fingerprint density at radius 1 is 1.04 bits per heavy atom. The zero-order chi connectivity index (χ0) is 16.5. The molecule has 0 unspecified atom stereocenters. The summed E-state index contributed by atoms with van der Waals surface area (Å²) in [6.45, 7) is 3.85. The van der Waals surface area contributed by atoms with Gasteiger partial charge in [0.05, 0.1) is 7.11 Å². The molecule has 0 N–H and O–H groups in total. The van der Waals surface area contributed by atoms with Crippen LogP contribution in [-0.4, -0.2) is 25.0 Å². The third-order valence-electron chi connectivity index (χ3n) is 3.51. The van der Waals surface area contributed by atoms with Crippen LogP contribution in [0.2, 0.25) is 0 Å². The number of amides is 1. The zero-order valence-corrected chi connectivity index (χ0v) is 13.7. The molecule has 0 aliphatic rings. The summed E-state index contributed by atoms with van der Waals surface area (Å²) >= 11 is 0. The fraction of sp³-hybridized carbons (Fsp3) is 0.316. The zero-order valence-electron chi connectivity index (χ0n) is 13.7. The molecule has 2 aromatic carbocycles. The van der Waals surface area contributed by atoms with Crippen molar-refractivity contribution in [2.45, 2.75) is 26.5 Å². The molecule has 1 amide bonds. The Hall–Kier alpha value is -2.49. The van der Waals surface area contributed by atoms with Crippen LogP contribution in [0.3, 0.4) is 0 Å². The Kier molecular flexibility index (Phi) is 6.48. The Labute approximate surface area is 137 Å². The lowest BCUT2D eigenvalue weighted by atomic mass is 10.2. The lowest BCUT2D eigenvalue weighted by Gasteiger charge is -2.18. The molecule has 2 aromatic rings. The van der Waals surface area contributed by atoms with Crippen LogP contribution in [0, 0.1) is 0 Å². The van der Waals surface area contributed by atoms with Gasteiger partial charge in [-0.3, -0.25) is 4.79 Å². The van der Waals surface area contributed by atoms with Gasteiger partial charge in [-0.2, -0.15) is 0 Å². The van der Waals surface area contributed by atoms with Crippen molar-refractivity contribution in [2.24, 2.45) is 0 Å². The van der Waals surface area contributed by atoms with E-state index in [1.165, 1.54) is 0 Å². The molecular weight excluding hydrogens is 290 g/mol. The van der Waals surface area contributed by atoms with E-state index in [1.807, 2.05) is 48.5 Å². The molecule has 0 spiro atoms. The highest BCUT2D eigenvalue weighted by Crippen LogP contribution is 2.29. The third-order valence-corrected chi connectivity index (χ3v) is 3.51. The molecule has 0 bridgehead atoms. The number of hydrogen-bond donors (Lipinski definition) is 0. The number of carbonyl (C=O) groups excluding carboxylic acids is 1. The van der Waals surface area contributed by atoms with Crippen molar-refractivity contribution in [1.29, 1.82) is 0 Å². The number of nitrogens with zero attached hydrogens (tertiary/aromatic N) is 1. The molecule has 122 valence electrons. The topological polar surface area (TPSA) is 38.8 Å². The summed E-state index contributed by atoms with van der Waals surface area (Å²) in [7, 11) is 1.62. The van der Waals surface area contributed by atoms with Gasteiger partial charge >= 0.3 is 0 Å². The highest BCUT2D eigenvalue weighted by Gasteiger charge is 2.09. The minimum atomic E-state index is 0.479. The van der Waals surface area contributed by atoms with Gasteiger partial charge in [0.25, 0.3) is 0 Å². The maximum absolute atomic E-state index is 11.1.